The fraction of sp³-hybridized carbons (Fsp3) is 0.667. The molecular formula is C27H40N10O3S2. The predicted molar refractivity (Wildman–Crippen MR) is 163 cm³/mol. The Morgan fingerprint density at radius 1 is 0.976 bits per heavy atom. The number of fused-ring (bicyclic) bond motifs is 1. The van der Waals surface area contributed by atoms with Gasteiger partial charge >= 0.3 is 0 Å². The minimum Gasteiger partial charge on any atom is -0.365 e. The Balaban J connectivity index is 1.19. The summed E-state index contributed by atoms with van der Waals surface area (Å²) in [6.07, 6.45) is 11.8. The van der Waals surface area contributed by atoms with Crippen LogP contribution in [0.15, 0.2) is 10.5 Å². The first-order valence-electron chi connectivity index (χ1n) is 15.0. The van der Waals surface area contributed by atoms with Crippen LogP contribution in [0, 0.1) is 6.92 Å². The van der Waals surface area contributed by atoms with Crippen LogP contribution in [0.25, 0.3) is 11.2 Å². The second kappa shape index (κ2) is 12.0. The Morgan fingerprint density at radius 3 is 2.36 bits per heavy atom. The smallest absolute Gasteiger partial charge is 0.254 e. The number of carbonyl (C=O) groups is 1. The highest BCUT2D eigenvalue weighted by Gasteiger charge is 2.33. The number of amides is 1. The lowest BCUT2D eigenvalue weighted by Crippen LogP contribution is -2.42. The highest BCUT2D eigenvalue weighted by atomic mass is 32.2. The van der Waals surface area contributed by atoms with E-state index in [-0.39, 0.29) is 28.2 Å². The second-order valence-electron chi connectivity index (χ2n) is 11.8. The Morgan fingerprint density at radius 2 is 1.67 bits per heavy atom. The van der Waals surface area contributed by atoms with Gasteiger partial charge in [0, 0.05) is 44.2 Å². The molecule has 13 nitrogen and oxygen atoms in total. The number of nitrogens with two attached hydrogens (primary N) is 1. The molecule has 0 bridgehead atoms. The molecule has 0 spiro atoms. The van der Waals surface area contributed by atoms with Gasteiger partial charge in [-0.1, -0.05) is 24.2 Å². The molecule has 1 saturated heterocycles. The van der Waals surface area contributed by atoms with Gasteiger partial charge in [-0.3, -0.25) is 4.79 Å². The summed E-state index contributed by atoms with van der Waals surface area (Å²) in [7, 11) is -3.72. The van der Waals surface area contributed by atoms with E-state index in [1.54, 1.807) is 6.92 Å². The Labute approximate surface area is 250 Å². The van der Waals surface area contributed by atoms with E-state index < -0.39 is 10.0 Å². The van der Waals surface area contributed by atoms with E-state index in [0.717, 1.165) is 61.0 Å². The van der Waals surface area contributed by atoms with Gasteiger partial charge in [-0.25, -0.2) is 18.4 Å². The van der Waals surface area contributed by atoms with Crippen LogP contribution >= 0.6 is 11.3 Å². The topological polar surface area (TPSA) is 173 Å². The molecule has 0 aromatic carbocycles. The lowest BCUT2D eigenvalue weighted by Gasteiger charge is -2.31. The molecule has 1 amide bonds. The standard InChI is InChI=1S/C27H40N10O3S2/c1-16-25(41-27(30-16)31-17(2)38)42(39,40)36-13-11-20(12-14-36)32-23-22-24(37(15-29-22)21-5-3-4-6-21)35-26(34-23)33-19-9-7-18(28)8-10-19/h15,18-21H,3-14,28H2,1-2H3,(H,30,31,38)(H2,32,33,34,35). The largest absolute Gasteiger partial charge is 0.365 e. The summed E-state index contributed by atoms with van der Waals surface area (Å²) in [4.78, 5) is 30.2. The predicted octanol–water partition coefficient (Wildman–Crippen LogP) is 3.61. The zero-order chi connectivity index (χ0) is 29.4. The molecule has 42 heavy (non-hydrogen) atoms. The normalized spacial score (nSPS) is 22.9. The fourth-order valence-corrected chi connectivity index (χ4v) is 9.42. The molecule has 3 aliphatic rings. The van der Waals surface area contributed by atoms with Gasteiger partial charge in [0.1, 0.15) is 0 Å². The van der Waals surface area contributed by atoms with Crippen molar-refractivity contribution in [2.45, 2.75) is 106 Å². The average molecular weight is 617 g/mol. The quantitative estimate of drug-likeness (QED) is 0.293. The number of sulfonamides is 1. The summed E-state index contributed by atoms with van der Waals surface area (Å²) in [5, 5.41) is 10.0. The summed E-state index contributed by atoms with van der Waals surface area (Å²) < 4.78 is 30.8. The van der Waals surface area contributed by atoms with Crippen molar-refractivity contribution in [3.8, 4) is 0 Å². The third-order valence-corrected chi connectivity index (χ3v) is 12.2. The van der Waals surface area contributed by atoms with Gasteiger partial charge in [-0.05, 0) is 58.3 Å². The van der Waals surface area contributed by atoms with E-state index in [2.05, 4.69) is 25.5 Å². The molecule has 4 heterocycles. The molecule has 0 unspecified atom stereocenters. The van der Waals surface area contributed by atoms with Crippen LogP contribution in [-0.4, -0.2) is 74.3 Å². The molecule has 15 heteroatoms. The van der Waals surface area contributed by atoms with E-state index in [9.17, 15) is 13.2 Å². The maximum absolute atomic E-state index is 13.4. The van der Waals surface area contributed by atoms with E-state index in [1.807, 2.05) is 6.33 Å². The zero-order valence-electron chi connectivity index (χ0n) is 24.2. The number of nitrogens with zero attached hydrogens (tertiary/aromatic N) is 6. The molecule has 6 rings (SSSR count). The van der Waals surface area contributed by atoms with Gasteiger partial charge in [-0.15, -0.1) is 0 Å². The first-order chi connectivity index (χ1) is 20.2. The van der Waals surface area contributed by atoms with Crippen molar-refractivity contribution in [2.24, 2.45) is 5.73 Å². The minimum absolute atomic E-state index is 0.0317. The Bertz CT molecular complexity index is 1530. The van der Waals surface area contributed by atoms with E-state index >= 15 is 0 Å². The number of carbonyl (C=O) groups excluding carboxylic acids is 1. The maximum atomic E-state index is 13.4. The zero-order valence-corrected chi connectivity index (χ0v) is 25.8. The number of hydrogen-bond acceptors (Lipinski definition) is 11. The first kappa shape index (κ1) is 29.2. The van der Waals surface area contributed by atoms with Crippen LogP contribution in [0.2, 0.25) is 0 Å². The summed E-state index contributed by atoms with van der Waals surface area (Å²) in [6, 6.07) is 0.978. The molecule has 5 N–H and O–H groups in total. The SMILES string of the molecule is CC(=O)Nc1nc(C)c(S(=O)(=O)N2CCC(Nc3nc(NC4CCC(N)CC4)nc4c3ncn4C3CCCC3)CC2)s1. The maximum Gasteiger partial charge on any atom is 0.254 e. The van der Waals surface area contributed by atoms with Crippen LogP contribution in [0.1, 0.15) is 82.9 Å². The van der Waals surface area contributed by atoms with Crippen LogP contribution < -0.4 is 21.7 Å². The second-order valence-corrected chi connectivity index (χ2v) is 14.9. The molecule has 228 valence electrons. The Kier molecular flexibility index (Phi) is 8.35. The van der Waals surface area contributed by atoms with Crippen LogP contribution in [0.5, 0.6) is 0 Å². The number of aryl methyl sites for hydroxylation is 1. The van der Waals surface area contributed by atoms with Gasteiger partial charge in [0.05, 0.1) is 12.0 Å². The Hall–Kier alpha value is -2.88. The highest BCUT2D eigenvalue weighted by Crippen LogP contribution is 2.35. The molecule has 1 aliphatic heterocycles. The number of aromatic nitrogens is 5. The summed E-state index contributed by atoms with van der Waals surface area (Å²) in [5.74, 6) is 1.000. The molecule has 0 radical (unpaired) electrons. The molecule has 3 fully saturated rings. The first-order valence-corrected chi connectivity index (χ1v) is 17.2. The summed E-state index contributed by atoms with van der Waals surface area (Å²) in [6.45, 7) is 3.76. The minimum atomic E-state index is -3.72. The number of imidazole rings is 1. The van der Waals surface area contributed by atoms with Gasteiger partial charge in [0.25, 0.3) is 10.0 Å². The molecule has 3 aromatic rings. The third kappa shape index (κ3) is 6.10. The van der Waals surface area contributed by atoms with Crippen LogP contribution in [0.4, 0.5) is 16.9 Å². The lowest BCUT2D eigenvalue weighted by atomic mass is 9.92. The van der Waals surface area contributed by atoms with Gasteiger partial charge in [-0.2, -0.15) is 14.3 Å². The van der Waals surface area contributed by atoms with E-state index in [1.165, 1.54) is 24.1 Å². The number of thiazole rings is 1. The average Bonchev–Trinajstić information content (AvgIpc) is 3.70. The third-order valence-electron chi connectivity index (χ3n) is 8.65. The van der Waals surface area contributed by atoms with Gasteiger partial charge in [0.15, 0.2) is 26.3 Å². The molecule has 2 aliphatic carbocycles. The summed E-state index contributed by atoms with van der Waals surface area (Å²) in [5.41, 5.74) is 8.11. The van der Waals surface area contributed by atoms with Crippen molar-refractivity contribution in [3.05, 3.63) is 12.0 Å². The number of hydrogen-bond donors (Lipinski definition) is 4. The number of rotatable bonds is 8. The number of anilines is 3. The van der Waals surface area contributed by atoms with Crippen molar-refractivity contribution in [1.82, 2.24) is 28.8 Å². The van der Waals surface area contributed by atoms with Crippen molar-refractivity contribution in [3.63, 3.8) is 0 Å². The van der Waals surface area contributed by atoms with E-state index in [4.69, 9.17) is 20.7 Å². The number of piperidine rings is 1. The van der Waals surface area contributed by atoms with Crippen molar-refractivity contribution < 1.29 is 13.2 Å². The summed E-state index contributed by atoms with van der Waals surface area (Å²) >= 11 is 0.992. The fourth-order valence-electron chi connectivity index (χ4n) is 6.35. The van der Waals surface area contributed by atoms with Crippen LogP contribution in [-0.2, 0) is 14.8 Å². The van der Waals surface area contributed by atoms with Gasteiger partial charge in [0.2, 0.25) is 11.9 Å². The molecule has 3 aromatic heterocycles. The van der Waals surface area contributed by atoms with E-state index in [0.29, 0.717) is 54.6 Å². The monoisotopic (exact) mass is 616 g/mol. The van der Waals surface area contributed by atoms with Gasteiger partial charge < -0.3 is 26.3 Å². The molecule has 0 atom stereocenters. The number of nitrogens with one attached hydrogen (secondary N) is 3. The lowest BCUT2D eigenvalue weighted by molar-refractivity contribution is -0.114. The molecule has 2 saturated carbocycles. The van der Waals surface area contributed by atoms with Crippen molar-refractivity contribution in [2.75, 3.05) is 29.0 Å². The van der Waals surface area contributed by atoms with Crippen molar-refractivity contribution in [1.29, 1.82) is 0 Å². The van der Waals surface area contributed by atoms with Crippen LogP contribution in [0.3, 0.4) is 0 Å². The van der Waals surface area contributed by atoms with Crippen molar-refractivity contribution >= 4 is 55.3 Å². The highest BCUT2D eigenvalue weighted by molar-refractivity contribution is 7.91. The molecular weight excluding hydrogens is 576 g/mol.